The van der Waals surface area contributed by atoms with Crippen molar-refractivity contribution in [2.45, 2.75) is 12.5 Å². The molecular formula is C23H36ClN5O4. The normalized spacial score (nSPS) is 19.7. The number of carbonyl (C=O) groups excluding carboxylic acids is 2. The van der Waals surface area contributed by atoms with E-state index in [1.807, 2.05) is 11.9 Å². The van der Waals surface area contributed by atoms with E-state index in [2.05, 4.69) is 22.2 Å². The lowest BCUT2D eigenvalue weighted by atomic mass is 10.2. The number of imide groups is 1. The Bertz CT molecular complexity index is 812. The minimum atomic E-state index is -0.807. The zero-order valence-electron chi connectivity index (χ0n) is 19.7. The summed E-state index contributed by atoms with van der Waals surface area (Å²) in [6.45, 7) is 6.67. The molecular weight excluding hydrogens is 446 g/mol. The van der Waals surface area contributed by atoms with Gasteiger partial charge in [-0.3, -0.25) is 9.69 Å². The first-order valence-electron chi connectivity index (χ1n) is 11.1. The van der Waals surface area contributed by atoms with Gasteiger partial charge in [0.25, 0.3) is 5.91 Å². The van der Waals surface area contributed by atoms with Gasteiger partial charge in [0.05, 0.1) is 19.8 Å². The summed E-state index contributed by atoms with van der Waals surface area (Å²) in [5, 5.41) is 13.1. The fraction of sp³-hybridized carbons (Fsp3) is 0.565. The second-order valence-corrected chi connectivity index (χ2v) is 8.59. The molecule has 0 aliphatic carbocycles. The number of aliphatic hydroxyl groups is 1. The van der Waals surface area contributed by atoms with E-state index in [1.54, 1.807) is 37.5 Å². The molecule has 2 aliphatic rings. The van der Waals surface area contributed by atoms with Crippen molar-refractivity contribution in [3.05, 3.63) is 35.5 Å². The molecule has 3 rings (SSSR count). The molecule has 0 spiro atoms. The third kappa shape index (κ3) is 7.97. The van der Waals surface area contributed by atoms with Crippen molar-refractivity contribution in [1.29, 1.82) is 0 Å². The van der Waals surface area contributed by atoms with Crippen molar-refractivity contribution in [3.63, 3.8) is 0 Å². The van der Waals surface area contributed by atoms with E-state index in [9.17, 15) is 14.7 Å². The summed E-state index contributed by atoms with van der Waals surface area (Å²) in [5.74, 6) is 0.286. The highest BCUT2D eigenvalue weighted by Gasteiger charge is 2.34. The van der Waals surface area contributed by atoms with Crippen LogP contribution in [0.3, 0.4) is 0 Å². The Hall–Kier alpha value is -2.17. The van der Waals surface area contributed by atoms with Gasteiger partial charge < -0.3 is 29.9 Å². The summed E-state index contributed by atoms with van der Waals surface area (Å²) >= 11 is 0. The van der Waals surface area contributed by atoms with Crippen LogP contribution >= 0.6 is 12.4 Å². The fourth-order valence-electron chi connectivity index (χ4n) is 3.96. The van der Waals surface area contributed by atoms with Crippen LogP contribution in [0.5, 0.6) is 5.75 Å². The first-order chi connectivity index (χ1) is 15.4. The van der Waals surface area contributed by atoms with Gasteiger partial charge in [0.2, 0.25) is 0 Å². The second kappa shape index (κ2) is 12.9. The molecule has 1 aromatic carbocycles. The Morgan fingerprint density at radius 1 is 1.18 bits per heavy atom. The molecule has 1 atom stereocenters. The average molecular weight is 482 g/mol. The Morgan fingerprint density at radius 2 is 1.85 bits per heavy atom. The Labute approximate surface area is 202 Å². The summed E-state index contributed by atoms with van der Waals surface area (Å²) in [6, 6.07) is 6.68. The first-order valence-corrected chi connectivity index (χ1v) is 11.1. The second-order valence-electron chi connectivity index (χ2n) is 8.59. The number of piperazine rings is 1. The number of hydrogen-bond donors (Lipinski definition) is 2. The van der Waals surface area contributed by atoms with Crippen LogP contribution in [-0.4, -0.2) is 116 Å². The van der Waals surface area contributed by atoms with Gasteiger partial charge in [-0.25, -0.2) is 4.79 Å². The smallest absolute Gasteiger partial charge is 0.329 e. The number of nitrogens with one attached hydrogen (secondary N) is 1. The van der Waals surface area contributed by atoms with Crippen LogP contribution in [0.25, 0.3) is 6.08 Å². The number of aliphatic hydroxyl groups excluding tert-OH is 1. The van der Waals surface area contributed by atoms with Crippen molar-refractivity contribution in [1.82, 2.24) is 24.9 Å². The largest absolute Gasteiger partial charge is 0.497 e. The van der Waals surface area contributed by atoms with Crippen LogP contribution in [0.15, 0.2) is 30.0 Å². The lowest BCUT2D eigenvalue weighted by Gasteiger charge is -2.32. The van der Waals surface area contributed by atoms with Gasteiger partial charge in [-0.15, -0.1) is 12.4 Å². The van der Waals surface area contributed by atoms with E-state index in [-0.39, 0.29) is 24.6 Å². The molecule has 3 amide bonds. The van der Waals surface area contributed by atoms with E-state index in [0.717, 1.165) is 56.2 Å². The summed E-state index contributed by atoms with van der Waals surface area (Å²) in [4.78, 5) is 32.9. The van der Waals surface area contributed by atoms with Crippen molar-refractivity contribution < 1.29 is 19.4 Å². The molecule has 0 radical (unpaired) electrons. The quantitative estimate of drug-likeness (QED) is 0.380. The van der Waals surface area contributed by atoms with Crippen molar-refractivity contribution in [2.24, 2.45) is 0 Å². The van der Waals surface area contributed by atoms with Gasteiger partial charge >= 0.3 is 6.03 Å². The summed E-state index contributed by atoms with van der Waals surface area (Å²) in [7, 11) is 5.69. The minimum Gasteiger partial charge on any atom is -0.497 e. The maximum absolute atomic E-state index is 12.7. The number of urea groups is 1. The lowest BCUT2D eigenvalue weighted by Crippen LogP contribution is -2.45. The number of rotatable bonds is 10. The van der Waals surface area contributed by atoms with E-state index in [0.29, 0.717) is 12.3 Å². The Kier molecular flexibility index (Phi) is 10.6. The summed E-state index contributed by atoms with van der Waals surface area (Å²) in [5.41, 5.74) is 0.977. The van der Waals surface area contributed by atoms with Crippen LogP contribution in [-0.2, 0) is 4.79 Å². The monoisotopic (exact) mass is 481 g/mol. The number of carbonyl (C=O) groups is 2. The molecule has 2 saturated heterocycles. The summed E-state index contributed by atoms with van der Waals surface area (Å²) < 4.78 is 5.13. The SMILES string of the molecule is COc1ccc(/C=C2\NC(=O)N(CC(O)CN(C)CCCN3CCN(C)CC3)C2=O)cc1.Cl. The van der Waals surface area contributed by atoms with E-state index >= 15 is 0 Å². The maximum Gasteiger partial charge on any atom is 0.329 e. The predicted molar refractivity (Wildman–Crippen MR) is 131 cm³/mol. The zero-order chi connectivity index (χ0) is 23.1. The molecule has 1 aromatic rings. The number of amides is 3. The molecule has 0 bridgehead atoms. The highest BCUT2D eigenvalue weighted by Crippen LogP contribution is 2.17. The molecule has 2 heterocycles. The number of likely N-dealkylation sites (N-methyl/N-ethyl adjacent to an activating group) is 2. The van der Waals surface area contributed by atoms with Crippen LogP contribution in [0.1, 0.15) is 12.0 Å². The third-order valence-corrected chi connectivity index (χ3v) is 5.91. The average Bonchev–Trinajstić information content (AvgIpc) is 3.03. The maximum atomic E-state index is 12.7. The van der Waals surface area contributed by atoms with Crippen LogP contribution in [0.2, 0.25) is 0 Å². The Morgan fingerprint density at radius 3 is 2.48 bits per heavy atom. The molecule has 2 aliphatic heterocycles. The van der Waals surface area contributed by atoms with E-state index in [4.69, 9.17) is 4.74 Å². The molecule has 2 N–H and O–H groups in total. The lowest BCUT2D eigenvalue weighted by molar-refractivity contribution is -0.124. The fourth-order valence-corrected chi connectivity index (χ4v) is 3.96. The molecule has 0 saturated carbocycles. The molecule has 9 nitrogen and oxygen atoms in total. The molecule has 184 valence electrons. The van der Waals surface area contributed by atoms with Crippen LogP contribution in [0.4, 0.5) is 4.79 Å². The third-order valence-electron chi connectivity index (χ3n) is 5.91. The highest BCUT2D eigenvalue weighted by atomic mass is 35.5. The molecule has 0 aromatic heterocycles. The van der Waals surface area contributed by atoms with Crippen LogP contribution in [0, 0.1) is 0 Å². The molecule has 10 heteroatoms. The predicted octanol–water partition coefficient (Wildman–Crippen LogP) is 0.940. The van der Waals surface area contributed by atoms with Crippen LogP contribution < -0.4 is 10.1 Å². The number of benzene rings is 1. The van der Waals surface area contributed by atoms with Gasteiger partial charge in [0.1, 0.15) is 11.4 Å². The van der Waals surface area contributed by atoms with Gasteiger partial charge in [0.15, 0.2) is 0 Å². The van der Waals surface area contributed by atoms with Gasteiger partial charge in [-0.05, 0) is 57.4 Å². The molecule has 33 heavy (non-hydrogen) atoms. The number of β-amino-alcohol motifs (C(OH)–C–C–N with tert-alkyl or cyclic N) is 1. The van der Waals surface area contributed by atoms with Gasteiger partial charge in [0, 0.05) is 32.7 Å². The van der Waals surface area contributed by atoms with Gasteiger partial charge in [-0.2, -0.15) is 0 Å². The Balaban J connectivity index is 0.00000385. The number of halogens is 1. The van der Waals surface area contributed by atoms with Crippen molar-refractivity contribution in [2.75, 3.05) is 73.6 Å². The van der Waals surface area contributed by atoms with E-state index in [1.165, 1.54) is 0 Å². The molecule has 2 fully saturated rings. The number of ether oxygens (including phenoxy) is 1. The summed E-state index contributed by atoms with van der Waals surface area (Å²) in [6.07, 6.45) is 1.83. The highest BCUT2D eigenvalue weighted by molar-refractivity contribution is 6.14. The zero-order valence-corrected chi connectivity index (χ0v) is 20.5. The minimum absolute atomic E-state index is 0. The number of hydrogen-bond acceptors (Lipinski definition) is 7. The first kappa shape index (κ1) is 27.1. The van der Waals surface area contributed by atoms with E-state index < -0.39 is 18.0 Å². The topological polar surface area (TPSA) is 88.6 Å². The van der Waals surface area contributed by atoms with Crippen molar-refractivity contribution >= 4 is 30.4 Å². The number of methoxy groups -OCH3 is 1. The van der Waals surface area contributed by atoms with Gasteiger partial charge in [-0.1, -0.05) is 12.1 Å². The molecule has 1 unspecified atom stereocenters. The number of nitrogens with zero attached hydrogens (tertiary/aromatic N) is 4. The standard InChI is InChI=1S/C23H35N5O4.ClH/c1-25-11-13-27(14-12-25)10-4-9-26(2)16-19(29)17-28-22(30)21(24-23(28)31)15-18-5-7-20(32-3)8-6-18;/h5-8,15,19,29H,4,9-14,16-17H2,1-3H3,(H,24,31);1H/b21-15-;. The van der Waals surface area contributed by atoms with Crippen molar-refractivity contribution in [3.8, 4) is 5.75 Å².